The first-order valence-electron chi connectivity index (χ1n) is 8.89. The molecule has 1 aromatic heterocycles. The van der Waals surface area contributed by atoms with Crippen LogP contribution in [0.4, 0.5) is 15.8 Å². The number of halogens is 1. The van der Waals surface area contributed by atoms with E-state index in [2.05, 4.69) is 10.2 Å². The number of aromatic nitrogens is 2. The van der Waals surface area contributed by atoms with Crippen molar-refractivity contribution in [2.24, 2.45) is 14.1 Å². The van der Waals surface area contributed by atoms with E-state index in [9.17, 15) is 14.0 Å². The molecule has 0 spiro atoms. The summed E-state index contributed by atoms with van der Waals surface area (Å²) >= 11 is 0. The summed E-state index contributed by atoms with van der Waals surface area (Å²) in [5.41, 5.74) is 2.63. The second-order valence-corrected chi connectivity index (χ2v) is 6.36. The average molecular weight is 370 g/mol. The van der Waals surface area contributed by atoms with Crippen LogP contribution in [-0.4, -0.2) is 28.1 Å². The minimum absolute atomic E-state index is 0.0231. The molecule has 0 unspecified atom stereocenters. The summed E-state index contributed by atoms with van der Waals surface area (Å²) in [6, 6.07) is 9.51. The highest BCUT2D eigenvalue weighted by atomic mass is 19.1. The van der Waals surface area contributed by atoms with Crippen molar-refractivity contribution in [3.8, 4) is 0 Å². The molecule has 142 valence electrons. The maximum absolute atomic E-state index is 14.0. The van der Waals surface area contributed by atoms with E-state index < -0.39 is 11.7 Å². The van der Waals surface area contributed by atoms with E-state index in [-0.39, 0.29) is 11.3 Å². The normalized spacial score (nSPS) is 11.0. The lowest BCUT2D eigenvalue weighted by atomic mass is 10.1. The van der Waals surface area contributed by atoms with Gasteiger partial charge in [-0.2, -0.15) is 0 Å². The van der Waals surface area contributed by atoms with Crippen LogP contribution in [0.15, 0.2) is 41.2 Å². The molecule has 6 nitrogen and oxygen atoms in total. The van der Waals surface area contributed by atoms with Gasteiger partial charge < -0.3 is 10.2 Å². The van der Waals surface area contributed by atoms with Crippen molar-refractivity contribution in [2.45, 2.75) is 13.8 Å². The van der Waals surface area contributed by atoms with E-state index in [1.165, 1.54) is 16.7 Å². The first kappa shape index (κ1) is 18.7. The van der Waals surface area contributed by atoms with Crippen LogP contribution in [0, 0.1) is 5.82 Å². The van der Waals surface area contributed by atoms with Gasteiger partial charge >= 0.3 is 5.69 Å². The number of carbonyl (C=O) groups excluding carboxylic acids is 1. The molecule has 3 aromatic rings. The van der Waals surface area contributed by atoms with E-state index in [0.29, 0.717) is 11.2 Å². The number of fused-ring (bicyclic) bond motifs is 1. The van der Waals surface area contributed by atoms with Gasteiger partial charge in [-0.1, -0.05) is 12.1 Å². The number of hydrogen-bond donors (Lipinski definition) is 1. The Labute approximate surface area is 156 Å². The molecule has 1 heterocycles. The molecule has 27 heavy (non-hydrogen) atoms. The van der Waals surface area contributed by atoms with Gasteiger partial charge in [0.05, 0.1) is 28.0 Å². The SMILES string of the molecule is CCN(CC)c1cc2c(cc1NC(=O)c1ccccc1F)n(C)c(=O)n2C. The van der Waals surface area contributed by atoms with Crippen molar-refractivity contribution in [2.75, 3.05) is 23.3 Å². The molecule has 0 aliphatic heterocycles. The molecule has 0 atom stereocenters. The number of hydrogen-bond acceptors (Lipinski definition) is 3. The van der Waals surface area contributed by atoms with Crippen molar-refractivity contribution in [1.29, 1.82) is 0 Å². The maximum Gasteiger partial charge on any atom is 0.328 e. The van der Waals surface area contributed by atoms with Crippen molar-refractivity contribution >= 4 is 28.3 Å². The summed E-state index contributed by atoms with van der Waals surface area (Å²) in [5, 5.41) is 2.82. The Morgan fingerprint density at radius 2 is 1.67 bits per heavy atom. The minimum Gasteiger partial charge on any atom is -0.370 e. The molecule has 0 fully saturated rings. The highest BCUT2D eigenvalue weighted by Crippen LogP contribution is 2.31. The van der Waals surface area contributed by atoms with Gasteiger partial charge in [0.15, 0.2) is 0 Å². The van der Waals surface area contributed by atoms with Crippen LogP contribution >= 0.6 is 0 Å². The van der Waals surface area contributed by atoms with Gasteiger partial charge in [-0.15, -0.1) is 0 Å². The summed E-state index contributed by atoms with van der Waals surface area (Å²) in [4.78, 5) is 27.0. The first-order valence-corrected chi connectivity index (χ1v) is 8.89. The fourth-order valence-corrected chi connectivity index (χ4v) is 3.30. The summed E-state index contributed by atoms with van der Waals surface area (Å²) in [6.07, 6.45) is 0. The van der Waals surface area contributed by atoms with Crippen LogP contribution in [0.1, 0.15) is 24.2 Å². The lowest BCUT2D eigenvalue weighted by Crippen LogP contribution is -2.24. The zero-order valence-corrected chi connectivity index (χ0v) is 15.9. The summed E-state index contributed by atoms with van der Waals surface area (Å²) in [7, 11) is 3.40. The molecular weight excluding hydrogens is 347 g/mol. The van der Waals surface area contributed by atoms with Gasteiger partial charge in [0.2, 0.25) is 0 Å². The number of amides is 1. The smallest absolute Gasteiger partial charge is 0.328 e. The lowest BCUT2D eigenvalue weighted by molar-refractivity contribution is 0.102. The Morgan fingerprint density at radius 1 is 1.07 bits per heavy atom. The molecule has 7 heteroatoms. The number of aryl methyl sites for hydroxylation is 2. The van der Waals surface area contributed by atoms with Crippen LogP contribution in [0.25, 0.3) is 11.0 Å². The summed E-state index contributed by atoms with van der Waals surface area (Å²) in [6.45, 7) is 5.48. The van der Waals surface area contributed by atoms with Crippen molar-refractivity contribution in [1.82, 2.24) is 9.13 Å². The highest BCUT2D eigenvalue weighted by molar-refractivity contribution is 6.07. The quantitative estimate of drug-likeness (QED) is 0.751. The number of benzene rings is 2. The topological polar surface area (TPSA) is 59.3 Å². The van der Waals surface area contributed by atoms with Crippen LogP contribution in [0.5, 0.6) is 0 Å². The third-order valence-corrected chi connectivity index (χ3v) is 4.86. The molecule has 1 amide bonds. The standard InChI is InChI=1S/C20H23FN4O2/c1-5-25(6-2)16-12-18-17(23(3)20(27)24(18)4)11-15(16)22-19(26)13-9-7-8-10-14(13)21/h7-12H,5-6H2,1-4H3,(H,22,26). The average Bonchev–Trinajstić information content (AvgIpc) is 2.87. The Bertz CT molecular complexity index is 1060. The van der Waals surface area contributed by atoms with Gasteiger partial charge in [-0.25, -0.2) is 9.18 Å². The Balaban J connectivity index is 2.16. The largest absolute Gasteiger partial charge is 0.370 e. The van der Waals surface area contributed by atoms with Crippen LogP contribution in [0.2, 0.25) is 0 Å². The molecule has 0 aliphatic carbocycles. The van der Waals surface area contributed by atoms with Gasteiger partial charge in [0.1, 0.15) is 5.82 Å². The van der Waals surface area contributed by atoms with Crippen LogP contribution in [-0.2, 0) is 14.1 Å². The van der Waals surface area contributed by atoms with E-state index in [4.69, 9.17) is 0 Å². The molecule has 0 bridgehead atoms. The lowest BCUT2D eigenvalue weighted by Gasteiger charge is -2.24. The molecule has 0 saturated heterocycles. The Hall–Kier alpha value is -3.09. The number of nitrogens with zero attached hydrogens (tertiary/aromatic N) is 3. The molecule has 3 rings (SSSR count). The van der Waals surface area contributed by atoms with Crippen LogP contribution < -0.4 is 15.9 Å². The molecular formula is C20H23FN4O2. The molecule has 1 N–H and O–H groups in total. The second-order valence-electron chi connectivity index (χ2n) is 6.36. The number of rotatable bonds is 5. The van der Waals surface area contributed by atoms with Gasteiger partial charge in [0, 0.05) is 27.2 Å². The number of anilines is 2. The minimum atomic E-state index is -0.576. The number of carbonyl (C=O) groups is 1. The monoisotopic (exact) mass is 370 g/mol. The predicted molar refractivity (Wildman–Crippen MR) is 106 cm³/mol. The Morgan fingerprint density at radius 3 is 2.26 bits per heavy atom. The van der Waals surface area contributed by atoms with E-state index >= 15 is 0 Å². The van der Waals surface area contributed by atoms with Crippen LogP contribution in [0.3, 0.4) is 0 Å². The van der Waals surface area contributed by atoms with E-state index in [1.807, 2.05) is 19.9 Å². The van der Waals surface area contributed by atoms with Crippen molar-refractivity contribution < 1.29 is 9.18 Å². The zero-order chi connectivity index (χ0) is 19.7. The van der Waals surface area contributed by atoms with Gasteiger partial charge in [-0.3, -0.25) is 13.9 Å². The second kappa shape index (κ2) is 7.26. The molecule has 0 saturated carbocycles. The van der Waals surface area contributed by atoms with Crippen molar-refractivity contribution in [3.05, 3.63) is 58.3 Å². The highest BCUT2D eigenvalue weighted by Gasteiger charge is 2.18. The molecule has 0 radical (unpaired) electrons. The number of imidazole rings is 1. The predicted octanol–water partition coefficient (Wildman–Crippen LogP) is 3.11. The van der Waals surface area contributed by atoms with E-state index in [1.54, 1.807) is 36.9 Å². The zero-order valence-electron chi connectivity index (χ0n) is 15.9. The third-order valence-electron chi connectivity index (χ3n) is 4.86. The van der Waals surface area contributed by atoms with Gasteiger partial charge in [-0.05, 0) is 38.1 Å². The Kier molecular flexibility index (Phi) is 5.03. The van der Waals surface area contributed by atoms with E-state index in [0.717, 1.165) is 24.3 Å². The third kappa shape index (κ3) is 3.20. The first-order chi connectivity index (χ1) is 12.9. The number of nitrogens with one attached hydrogen (secondary N) is 1. The molecule has 2 aromatic carbocycles. The van der Waals surface area contributed by atoms with Crippen molar-refractivity contribution in [3.63, 3.8) is 0 Å². The fourth-order valence-electron chi connectivity index (χ4n) is 3.30. The maximum atomic E-state index is 14.0. The van der Waals surface area contributed by atoms with Gasteiger partial charge in [0.25, 0.3) is 5.91 Å². The molecule has 0 aliphatic rings. The fraction of sp³-hybridized carbons (Fsp3) is 0.300. The summed E-state index contributed by atoms with van der Waals surface area (Å²) < 4.78 is 17.1. The summed E-state index contributed by atoms with van der Waals surface area (Å²) in [5.74, 6) is -1.10.